The van der Waals surface area contributed by atoms with E-state index in [0.29, 0.717) is 5.82 Å². The molecule has 0 unspecified atom stereocenters. The molecular formula is C43H27N3. The fraction of sp³-hybridized carbons (Fsp3) is 0. The molecule has 0 amide bonds. The maximum Gasteiger partial charge on any atom is 0.160 e. The van der Waals surface area contributed by atoms with E-state index >= 15 is 0 Å². The number of fused-ring (bicyclic) bond motifs is 4. The van der Waals surface area contributed by atoms with E-state index < -0.39 is 0 Å². The second-order valence-corrected chi connectivity index (χ2v) is 11.6. The summed E-state index contributed by atoms with van der Waals surface area (Å²) in [7, 11) is 0. The predicted octanol–water partition coefficient (Wildman–Crippen LogP) is 11.2. The van der Waals surface area contributed by atoms with Gasteiger partial charge in [-0.15, -0.1) is 0 Å². The molecule has 214 valence electrons. The SMILES string of the molecule is c1ccc(-c2nc(-c3ccc4c(-c5c6ccccc6c(-c6ccccc6)c6ccccc56)cccc4n3)c3ccccc3n2)cc1. The molecule has 0 fully saturated rings. The number of benzene rings is 7. The molecule has 0 aliphatic carbocycles. The highest BCUT2D eigenvalue weighted by atomic mass is 14.9. The van der Waals surface area contributed by atoms with E-state index in [1.807, 2.05) is 48.5 Å². The molecule has 3 nitrogen and oxygen atoms in total. The van der Waals surface area contributed by atoms with Crippen molar-refractivity contribution in [3.8, 4) is 45.0 Å². The van der Waals surface area contributed by atoms with Crippen molar-refractivity contribution in [1.82, 2.24) is 15.0 Å². The number of hydrogen-bond donors (Lipinski definition) is 0. The van der Waals surface area contributed by atoms with E-state index in [1.54, 1.807) is 0 Å². The van der Waals surface area contributed by atoms with E-state index in [0.717, 1.165) is 38.8 Å². The van der Waals surface area contributed by atoms with Crippen molar-refractivity contribution in [2.45, 2.75) is 0 Å². The molecule has 0 bridgehead atoms. The van der Waals surface area contributed by atoms with Gasteiger partial charge in [0.25, 0.3) is 0 Å². The van der Waals surface area contributed by atoms with Crippen molar-refractivity contribution >= 4 is 43.4 Å². The topological polar surface area (TPSA) is 38.7 Å². The van der Waals surface area contributed by atoms with Gasteiger partial charge >= 0.3 is 0 Å². The van der Waals surface area contributed by atoms with Gasteiger partial charge in [-0.3, -0.25) is 0 Å². The van der Waals surface area contributed by atoms with Crippen LogP contribution in [0.25, 0.3) is 88.4 Å². The van der Waals surface area contributed by atoms with Crippen LogP contribution in [0.4, 0.5) is 0 Å². The molecule has 0 N–H and O–H groups in total. The first kappa shape index (κ1) is 26.2. The average Bonchev–Trinajstić information content (AvgIpc) is 3.13. The van der Waals surface area contributed by atoms with Crippen LogP contribution in [0.2, 0.25) is 0 Å². The third kappa shape index (κ3) is 4.25. The summed E-state index contributed by atoms with van der Waals surface area (Å²) in [5.41, 5.74) is 9.35. The molecule has 0 radical (unpaired) electrons. The van der Waals surface area contributed by atoms with Crippen molar-refractivity contribution in [2.24, 2.45) is 0 Å². The Morgan fingerprint density at radius 3 is 1.50 bits per heavy atom. The summed E-state index contributed by atoms with van der Waals surface area (Å²) in [5, 5.41) is 7.03. The Kier molecular flexibility index (Phi) is 6.14. The number of aromatic nitrogens is 3. The monoisotopic (exact) mass is 585 g/mol. The number of para-hydroxylation sites is 1. The Hall–Kier alpha value is -6.19. The molecule has 3 heteroatoms. The summed E-state index contributed by atoms with van der Waals surface area (Å²) < 4.78 is 0. The normalized spacial score (nSPS) is 11.5. The fourth-order valence-corrected chi connectivity index (χ4v) is 6.83. The lowest BCUT2D eigenvalue weighted by atomic mass is 9.85. The first-order valence-electron chi connectivity index (χ1n) is 15.5. The summed E-state index contributed by atoms with van der Waals surface area (Å²) >= 11 is 0. The summed E-state index contributed by atoms with van der Waals surface area (Å²) in [5.74, 6) is 0.696. The second kappa shape index (κ2) is 10.8. The largest absolute Gasteiger partial charge is 0.246 e. The zero-order chi connectivity index (χ0) is 30.5. The molecule has 0 saturated heterocycles. The maximum atomic E-state index is 5.25. The Morgan fingerprint density at radius 1 is 0.304 bits per heavy atom. The lowest BCUT2D eigenvalue weighted by molar-refractivity contribution is 1.21. The average molecular weight is 586 g/mol. The number of rotatable bonds is 4. The second-order valence-electron chi connectivity index (χ2n) is 11.6. The smallest absolute Gasteiger partial charge is 0.160 e. The van der Waals surface area contributed by atoms with Crippen LogP contribution in [0.15, 0.2) is 164 Å². The first-order chi connectivity index (χ1) is 22.8. The third-order valence-electron chi connectivity index (χ3n) is 8.87. The Labute approximate surface area is 266 Å². The molecule has 0 aliphatic rings. The van der Waals surface area contributed by atoms with Crippen LogP contribution < -0.4 is 0 Å². The molecule has 2 heterocycles. The van der Waals surface area contributed by atoms with E-state index in [-0.39, 0.29) is 0 Å². The van der Waals surface area contributed by atoms with Crippen LogP contribution in [-0.2, 0) is 0 Å². The van der Waals surface area contributed by atoms with Gasteiger partial charge in [0.1, 0.15) is 5.69 Å². The molecule has 2 aromatic heterocycles. The highest BCUT2D eigenvalue weighted by Crippen LogP contribution is 2.45. The van der Waals surface area contributed by atoms with Crippen LogP contribution in [0.3, 0.4) is 0 Å². The molecular weight excluding hydrogens is 558 g/mol. The van der Waals surface area contributed by atoms with E-state index in [2.05, 4.69) is 115 Å². The van der Waals surface area contributed by atoms with Crippen LogP contribution in [0, 0.1) is 0 Å². The van der Waals surface area contributed by atoms with Crippen molar-refractivity contribution < 1.29 is 0 Å². The fourth-order valence-electron chi connectivity index (χ4n) is 6.83. The van der Waals surface area contributed by atoms with Gasteiger partial charge in [0.2, 0.25) is 0 Å². The predicted molar refractivity (Wildman–Crippen MR) is 192 cm³/mol. The lowest BCUT2D eigenvalue weighted by Gasteiger charge is -2.18. The van der Waals surface area contributed by atoms with Gasteiger partial charge in [-0.1, -0.05) is 140 Å². The zero-order valence-electron chi connectivity index (χ0n) is 24.9. The minimum absolute atomic E-state index is 0.696. The number of nitrogens with zero attached hydrogens (tertiary/aromatic N) is 3. The number of hydrogen-bond acceptors (Lipinski definition) is 3. The first-order valence-corrected chi connectivity index (χ1v) is 15.5. The molecule has 9 aromatic rings. The van der Waals surface area contributed by atoms with Crippen LogP contribution >= 0.6 is 0 Å². The summed E-state index contributed by atoms with van der Waals surface area (Å²) in [6.07, 6.45) is 0. The van der Waals surface area contributed by atoms with Gasteiger partial charge in [0.15, 0.2) is 5.82 Å². The maximum absolute atomic E-state index is 5.25. The van der Waals surface area contributed by atoms with Gasteiger partial charge in [-0.2, -0.15) is 0 Å². The highest BCUT2D eigenvalue weighted by Gasteiger charge is 2.19. The minimum Gasteiger partial charge on any atom is -0.246 e. The van der Waals surface area contributed by atoms with Crippen molar-refractivity contribution in [2.75, 3.05) is 0 Å². The van der Waals surface area contributed by atoms with E-state index in [1.165, 1.54) is 43.8 Å². The molecule has 0 saturated carbocycles. The third-order valence-corrected chi connectivity index (χ3v) is 8.87. The molecule has 46 heavy (non-hydrogen) atoms. The standard InChI is InChI=1S/C43H27N3/c1-3-14-28(15-4-1)40-32-18-7-9-20-34(32)41(35-21-10-8-19-33(35)40)31-23-13-25-37-30(31)26-27-39(44-37)42-36-22-11-12-24-38(36)45-43(46-42)29-16-5-2-6-17-29/h1-27H. The van der Waals surface area contributed by atoms with E-state index in [9.17, 15) is 0 Å². The summed E-state index contributed by atoms with van der Waals surface area (Å²) in [6, 6.07) is 57.4. The molecule has 9 rings (SSSR count). The van der Waals surface area contributed by atoms with Gasteiger partial charge in [0.05, 0.1) is 16.7 Å². The molecule has 7 aromatic carbocycles. The highest BCUT2D eigenvalue weighted by molar-refractivity contribution is 6.23. The van der Waals surface area contributed by atoms with Gasteiger partial charge in [-0.05, 0) is 68.1 Å². The summed E-state index contributed by atoms with van der Waals surface area (Å²) in [6.45, 7) is 0. The number of pyridine rings is 1. The summed E-state index contributed by atoms with van der Waals surface area (Å²) in [4.78, 5) is 15.2. The van der Waals surface area contributed by atoms with Crippen LogP contribution in [-0.4, -0.2) is 15.0 Å². The minimum atomic E-state index is 0.696. The molecule has 0 aliphatic heterocycles. The quantitative estimate of drug-likeness (QED) is 0.193. The Morgan fingerprint density at radius 2 is 0.826 bits per heavy atom. The van der Waals surface area contributed by atoms with Gasteiger partial charge in [-0.25, -0.2) is 15.0 Å². The van der Waals surface area contributed by atoms with Gasteiger partial charge in [0, 0.05) is 16.3 Å². The Bertz CT molecular complexity index is 2520. The van der Waals surface area contributed by atoms with Crippen LogP contribution in [0.1, 0.15) is 0 Å². The van der Waals surface area contributed by atoms with Gasteiger partial charge < -0.3 is 0 Å². The van der Waals surface area contributed by atoms with Crippen molar-refractivity contribution in [3.05, 3.63) is 164 Å². The Balaban J connectivity index is 1.29. The molecule has 0 spiro atoms. The lowest BCUT2D eigenvalue weighted by Crippen LogP contribution is -1.97. The van der Waals surface area contributed by atoms with Crippen LogP contribution in [0.5, 0.6) is 0 Å². The molecule has 0 atom stereocenters. The van der Waals surface area contributed by atoms with E-state index in [4.69, 9.17) is 15.0 Å². The zero-order valence-corrected chi connectivity index (χ0v) is 24.9. The van der Waals surface area contributed by atoms with Crippen molar-refractivity contribution in [3.63, 3.8) is 0 Å². The van der Waals surface area contributed by atoms with Crippen molar-refractivity contribution in [1.29, 1.82) is 0 Å².